The van der Waals surface area contributed by atoms with E-state index >= 15 is 0 Å². The second kappa shape index (κ2) is 6.77. The van der Waals surface area contributed by atoms with Crippen molar-refractivity contribution in [2.75, 3.05) is 14.2 Å². The predicted molar refractivity (Wildman–Crippen MR) is 73.6 cm³/mol. The summed E-state index contributed by atoms with van der Waals surface area (Å²) in [6, 6.07) is 9.49. The molecule has 0 bridgehead atoms. The van der Waals surface area contributed by atoms with Crippen LogP contribution in [0.2, 0.25) is 0 Å². The Balaban J connectivity index is 1.86. The molecular formula is C15H17NO4. The summed E-state index contributed by atoms with van der Waals surface area (Å²) in [5.41, 5.74) is 1.54. The van der Waals surface area contributed by atoms with Gasteiger partial charge in [0.2, 0.25) is 0 Å². The highest BCUT2D eigenvalue weighted by Gasteiger charge is 2.09. The summed E-state index contributed by atoms with van der Waals surface area (Å²) in [4.78, 5) is 11.3. The van der Waals surface area contributed by atoms with E-state index in [1.807, 2.05) is 24.3 Å². The monoisotopic (exact) mass is 275 g/mol. The van der Waals surface area contributed by atoms with Gasteiger partial charge in [-0.1, -0.05) is 12.1 Å². The van der Waals surface area contributed by atoms with Crippen LogP contribution >= 0.6 is 0 Å². The molecule has 2 aromatic rings. The number of benzene rings is 1. The van der Waals surface area contributed by atoms with Crippen molar-refractivity contribution in [2.24, 2.45) is 0 Å². The SMILES string of the molecule is COC(=O)c1coc(CNCc2cccc(OC)c2)c1. The summed E-state index contributed by atoms with van der Waals surface area (Å²) in [5.74, 6) is 1.12. The molecule has 2 rings (SSSR count). The molecule has 106 valence electrons. The quantitative estimate of drug-likeness (QED) is 0.820. The Morgan fingerprint density at radius 2 is 2.10 bits per heavy atom. The molecule has 0 atom stereocenters. The van der Waals surface area contributed by atoms with Crippen LogP contribution in [0.25, 0.3) is 0 Å². The number of methoxy groups -OCH3 is 2. The van der Waals surface area contributed by atoms with Crippen molar-refractivity contribution in [1.82, 2.24) is 5.32 Å². The standard InChI is InChI=1S/C15H17NO4/c1-18-13-5-3-4-11(6-13)8-16-9-14-7-12(10-20-14)15(17)19-2/h3-7,10,16H,8-9H2,1-2H3. The summed E-state index contributed by atoms with van der Waals surface area (Å²) in [6.45, 7) is 1.22. The molecular weight excluding hydrogens is 258 g/mol. The van der Waals surface area contributed by atoms with Crippen LogP contribution in [-0.2, 0) is 17.8 Å². The predicted octanol–water partition coefficient (Wildman–Crippen LogP) is 2.36. The molecule has 0 spiro atoms. The minimum absolute atomic E-state index is 0.396. The molecule has 0 saturated heterocycles. The zero-order valence-corrected chi connectivity index (χ0v) is 11.5. The Morgan fingerprint density at radius 3 is 2.85 bits per heavy atom. The maximum Gasteiger partial charge on any atom is 0.341 e. The first-order valence-electron chi connectivity index (χ1n) is 6.22. The minimum atomic E-state index is -0.396. The molecule has 0 amide bonds. The minimum Gasteiger partial charge on any atom is -0.497 e. The Morgan fingerprint density at radius 1 is 1.25 bits per heavy atom. The molecule has 0 aliphatic rings. The van der Waals surface area contributed by atoms with Gasteiger partial charge in [0.1, 0.15) is 17.8 Å². The fourth-order valence-electron chi connectivity index (χ4n) is 1.81. The van der Waals surface area contributed by atoms with E-state index in [0.29, 0.717) is 24.4 Å². The van der Waals surface area contributed by atoms with Crippen LogP contribution in [0.15, 0.2) is 41.0 Å². The van der Waals surface area contributed by atoms with E-state index in [0.717, 1.165) is 11.3 Å². The van der Waals surface area contributed by atoms with Gasteiger partial charge in [-0.3, -0.25) is 0 Å². The van der Waals surface area contributed by atoms with Crippen LogP contribution < -0.4 is 10.1 Å². The molecule has 0 aliphatic heterocycles. The van der Waals surface area contributed by atoms with Gasteiger partial charge in [0, 0.05) is 6.54 Å². The lowest BCUT2D eigenvalue weighted by Gasteiger charge is -2.05. The van der Waals surface area contributed by atoms with Crippen molar-refractivity contribution in [3.8, 4) is 5.75 Å². The molecule has 5 nitrogen and oxygen atoms in total. The van der Waals surface area contributed by atoms with Crippen LogP contribution in [0, 0.1) is 0 Å². The second-order valence-corrected chi connectivity index (χ2v) is 4.25. The van der Waals surface area contributed by atoms with Crippen molar-refractivity contribution in [2.45, 2.75) is 13.1 Å². The molecule has 1 aromatic carbocycles. The first kappa shape index (κ1) is 14.1. The second-order valence-electron chi connectivity index (χ2n) is 4.25. The van der Waals surface area contributed by atoms with Gasteiger partial charge in [0.25, 0.3) is 0 Å². The number of carbonyl (C=O) groups excluding carboxylic acids is 1. The van der Waals surface area contributed by atoms with Gasteiger partial charge < -0.3 is 19.2 Å². The largest absolute Gasteiger partial charge is 0.497 e. The maximum atomic E-state index is 11.3. The zero-order chi connectivity index (χ0) is 14.4. The van der Waals surface area contributed by atoms with Crippen LogP contribution in [-0.4, -0.2) is 20.2 Å². The third-order valence-electron chi connectivity index (χ3n) is 2.84. The van der Waals surface area contributed by atoms with E-state index in [1.165, 1.54) is 13.4 Å². The number of hydrogen-bond donors (Lipinski definition) is 1. The zero-order valence-electron chi connectivity index (χ0n) is 11.5. The summed E-state index contributed by atoms with van der Waals surface area (Å²) in [5, 5.41) is 3.24. The van der Waals surface area contributed by atoms with Gasteiger partial charge in [-0.15, -0.1) is 0 Å². The van der Waals surface area contributed by atoms with E-state index in [9.17, 15) is 4.79 Å². The van der Waals surface area contributed by atoms with Gasteiger partial charge in [0.05, 0.1) is 26.3 Å². The van der Waals surface area contributed by atoms with Crippen molar-refractivity contribution < 1.29 is 18.7 Å². The molecule has 0 saturated carbocycles. The number of rotatable bonds is 6. The van der Waals surface area contributed by atoms with Crippen LogP contribution in [0.4, 0.5) is 0 Å². The van der Waals surface area contributed by atoms with Gasteiger partial charge in [-0.05, 0) is 23.8 Å². The smallest absolute Gasteiger partial charge is 0.341 e. The lowest BCUT2D eigenvalue weighted by molar-refractivity contribution is 0.0600. The highest BCUT2D eigenvalue weighted by molar-refractivity contribution is 5.88. The number of ether oxygens (including phenoxy) is 2. The molecule has 20 heavy (non-hydrogen) atoms. The fraction of sp³-hybridized carbons (Fsp3) is 0.267. The Bertz CT molecular complexity index is 577. The first-order valence-corrected chi connectivity index (χ1v) is 6.22. The van der Waals surface area contributed by atoms with E-state index in [2.05, 4.69) is 10.1 Å². The summed E-state index contributed by atoms with van der Waals surface area (Å²) >= 11 is 0. The third kappa shape index (κ3) is 3.61. The average molecular weight is 275 g/mol. The number of nitrogens with one attached hydrogen (secondary N) is 1. The Kier molecular flexibility index (Phi) is 4.79. The fourth-order valence-corrected chi connectivity index (χ4v) is 1.81. The van der Waals surface area contributed by atoms with Crippen molar-refractivity contribution >= 4 is 5.97 Å². The van der Waals surface area contributed by atoms with Crippen LogP contribution in [0.5, 0.6) is 5.75 Å². The molecule has 1 aromatic heterocycles. The van der Waals surface area contributed by atoms with Crippen LogP contribution in [0.3, 0.4) is 0 Å². The molecule has 0 unspecified atom stereocenters. The van der Waals surface area contributed by atoms with Gasteiger partial charge >= 0.3 is 5.97 Å². The summed E-state index contributed by atoms with van der Waals surface area (Å²) < 4.78 is 15.1. The topological polar surface area (TPSA) is 60.7 Å². The number of carbonyl (C=O) groups is 1. The van der Waals surface area contributed by atoms with Crippen molar-refractivity contribution in [3.05, 3.63) is 53.5 Å². The molecule has 5 heteroatoms. The lowest BCUT2D eigenvalue weighted by atomic mass is 10.2. The summed E-state index contributed by atoms with van der Waals surface area (Å²) in [6.07, 6.45) is 1.40. The van der Waals surface area contributed by atoms with Crippen molar-refractivity contribution in [3.63, 3.8) is 0 Å². The summed E-state index contributed by atoms with van der Waals surface area (Å²) in [7, 11) is 2.99. The van der Waals surface area contributed by atoms with E-state index < -0.39 is 5.97 Å². The van der Waals surface area contributed by atoms with Gasteiger partial charge in [-0.25, -0.2) is 4.79 Å². The normalized spacial score (nSPS) is 10.3. The highest BCUT2D eigenvalue weighted by atomic mass is 16.5. The molecule has 0 radical (unpaired) electrons. The average Bonchev–Trinajstić information content (AvgIpc) is 2.95. The Hall–Kier alpha value is -2.27. The molecule has 1 heterocycles. The third-order valence-corrected chi connectivity index (χ3v) is 2.84. The highest BCUT2D eigenvalue weighted by Crippen LogP contribution is 2.13. The van der Waals surface area contributed by atoms with Crippen LogP contribution in [0.1, 0.15) is 21.7 Å². The van der Waals surface area contributed by atoms with E-state index in [1.54, 1.807) is 13.2 Å². The number of furan rings is 1. The molecule has 0 aliphatic carbocycles. The maximum absolute atomic E-state index is 11.3. The van der Waals surface area contributed by atoms with Gasteiger partial charge in [0.15, 0.2) is 0 Å². The Labute approximate surface area is 117 Å². The van der Waals surface area contributed by atoms with E-state index in [4.69, 9.17) is 9.15 Å². The van der Waals surface area contributed by atoms with Crippen molar-refractivity contribution in [1.29, 1.82) is 0 Å². The molecule has 1 N–H and O–H groups in total. The lowest BCUT2D eigenvalue weighted by Crippen LogP contribution is -2.12. The number of esters is 1. The van der Waals surface area contributed by atoms with E-state index in [-0.39, 0.29) is 0 Å². The van der Waals surface area contributed by atoms with Gasteiger partial charge in [-0.2, -0.15) is 0 Å². The molecule has 0 fully saturated rings. The first-order chi connectivity index (χ1) is 9.72. The number of hydrogen-bond acceptors (Lipinski definition) is 5.